The van der Waals surface area contributed by atoms with E-state index in [4.69, 9.17) is 14.2 Å². The van der Waals surface area contributed by atoms with Crippen LogP contribution in [0.3, 0.4) is 0 Å². The summed E-state index contributed by atoms with van der Waals surface area (Å²) in [5.74, 6) is 0.931. The molecule has 0 radical (unpaired) electrons. The zero-order valence-electron chi connectivity index (χ0n) is 21.6. The average Bonchev–Trinajstić information content (AvgIpc) is 3.71. The van der Waals surface area contributed by atoms with Crippen molar-refractivity contribution in [2.24, 2.45) is 5.92 Å². The summed E-state index contributed by atoms with van der Waals surface area (Å²) >= 11 is 0. The van der Waals surface area contributed by atoms with E-state index in [1.807, 2.05) is 0 Å². The summed E-state index contributed by atoms with van der Waals surface area (Å²) in [6.45, 7) is 5.99. The molecule has 3 heteroatoms. The van der Waals surface area contributed by atoms with Crippen molar-refractivity contribution in [3.8, 4) is 0 Å². The third-order valence-corrected chi connectivity index (χ3v) is 7.32. The van der Waals surface area contributed by atoms with Crippen molar-refractivity contribution in [3.63, 3.8) is 0 Å². The van der Waals surface area contributed by atoms with Crippen LogP contribution >= 0.6 is 0 Å². The van der Waals surface area contributed by atoms with Crippen molar-refractivity contribution in [1.82, 2.24) is 0 Å². The Labute approximate surface area is 200 Å². The molecule has 0 aromatic heterocycles. The highest BCUT2D eigenvalue weighted by atomic mass is 16.6. The summed E-state index contributed by atoms with van der Waals surface area (Å²) in [7, 11) is 0. The zero-order chi connectivity index (χ0) is 22.5. The van der Waals surface area contributed by atoms with Crippen molar-refractivity contribution in [3.05, 3.63) is 0 Å². The molecule has 2 saturated heterocycles. The molecule has 0 N–H and O–H groups in total. The van der Waals surface area contributed by atoms with Crippen LogP contribution in [0.4, 0.5) is 0 Å². The number of ether oxygens (including phenoxy) is 3. The molecular formula is C29H56O3. The standard InChI is InChI=1S/C29H56O3/c1-2-3-4-5-6-8-11-14-17-20-27(23-28-25-31-28)21-18-15-12-9-7-10-13-16-19-22-30-24-29-26-32-29/h27-29H,2-26H2,1H3. The molecule has 2 heterocycles. The van der Waals surface area contributed by atoms with Crippen LogP contribution in [0.15, 0.2) is 0 Å². The van der Waals surface area contributed by atoms with Gasteiger partial charge in [-0.1, -0.05) is 129 Å². The van der Waals surface area contributed by atoms with Crippen LogP contribution in [0, 0.1) is 5.92 Å². The molecular weight excluding hydrogens is 396 g/mol. The molecule has 2 aliphatic heterocycles. The summed E-state index contributed by atoms with van der Waals surface area (Å²) in [5.41, 5.74) is 0. The van der Waals surface area contributed by atoms with Gasteiger partial charge in [-0.15, -0.1) is 0 Å². The van der Waals surface area contributed by atoms with E-state index in [1.165, 1.54) is 135 Å². The van der Waals surface area contributed by atoms with Gasteiger partial charge in [0.15, 0.2) is 0 Å². The summed E-state index contributed by atoms with van der Waals surface area (Å²) in [5, 5.41) is 0. The average molecular weight is 453 g/mol. The predicted molar refractivity (Wildman–Crippen MR) is 136 cm³/mol. The Morgan fingerprint density at radius 3 is 1.50 bits per heavy atom. The molecule has 0 bridgehead atoms. The predicted octanol–water partition coefficient (Wildman–Crippen LogP) is 8.63. The Balaban J connectivity index is 1.31. The van der Waals surface area contributed by atoms with Gasteiger partial charge in [-0.05, 0) is 18.8 Å². The third kappa shape index (κ3) is 18.3. The number of rotatable bonds is 26. The maximum absolute atomic E-state index is 5.60. The first-order chi connectivity index (χ1) is 15.9. The van der Waals surface area contributed by atoms with Crippen molar-refractivity contribution in [2.75, 3.05) is 26.4 Å². The smallest absolute Gasteiger partial charge is 0.104 e. The zero-order valence-corrected chi connectivity index (χ0v) is 21.6. The molecule has 0 spiro atoms. The van der Waals surface area contributed by atoms with Gasteiger partial charge < -0.3 is 14.2 Å². The van der Waals surface area contributed by atoms with Gasteiger partial charge in [0.25, 0.3) is 0 Å². The Bertz CT molecular complexity index is 392. The van der Waals surface area contributed by atoms with Crippen molar-refractivity contribution >= 4 is 0 Å². The van der Waals surface area contributed by atoms with E-state index in [-0.39, 0.29) is 0 Å². The molecule has 32 heavy (non-hydrogen) atoms. The number of hydrogen-bond acceptors (Lipinski definition) is 3. The Morgan fingerprint density at radius 2 is 1.03 bits per heavy atom. The van der Waals surface area contributed by atoms with Gasteiger partial charge in [0, 0.05) is 6.61 Å². The molecule has 190 valence electrons. The molecule has 2 fully saturated rings. The van der Waals surface area contributed by atoms with Crippen LogP contribution in [-0.4, -0.2) is 38.6 Å². The fraction of sp³-hybridized carbons (Fsp3) is 1.00. The fourth-order valence-electron chi connectivity index (χ4n) is 4.95. The van der Waals surface area contributed by atoms with E-state index in [0.717, 1.165) is 32.3 Å². The molecule has 0 amide bonds. The van der Waals surface area contributed by atoms with Crippen LogP contribution in [0.25, 0.3) is 0 Å². The van der Waals surface area contributed by atoms with E-state index in [0.29, 0.717) is 12.2 Å². The summed E-state index contributed by atoms with van der Waals surface area (Å²) in [6.07, 6.45) is 30.8. The van der Waals surface area contributed by atoms with Crippen LogP contribution in [-0.2, 0) is 14.2 Å². The largest absolute Gasteiger partial charge is 0.379 e. The van der Waals surface area contributed by atoms with Gasteiger partial charge in [0.1, 0.15) is 6.10 Å². The molecule has 0 aromatic rings. The lowest BCUT2D eigenvalue weighted by Gasteiger charge is -2.16. The monoisotopic (exact) mass is 452 g/mol. The quantitative estimate of drug-likeness (QED) is 0.0972. The number of epoxide rings is 2. The molecule has 3 nitrogen and oxygen atoms in total. The van der Waals surface area contributed by atoms with Gasteiger partial charge >= 0.3 is 0 Å². The van der Waals surface area contributed by atoms with E-state index in [2.05, 4.69) is 6.92 Å². The lowest BCUT2D eigenvalue weighted by Crippen LogP contribution is -2.05. The highest BCUT2D eigenvalue weighted by molar-refractivity contribution is 4.74. The van der Waals surface area contributed by atoms with E-state index in [9.17, 15) is 0 Å². The minimum atomic E-state index is 0.419. The van der Waals surface area contributed by atoms with E-state index < -0.39 is 0 Å². The maximum atomic E-state index is 5.60. The van der Waals surface area contributed by atoms with Crippen molar-refractivity contribution in [2.45, 2.75) is 154 Å². The molecule has 0 saturated carbocycles. The lowest BCUT2D eigenvalue weighted by molar-refractivity contribution is 0.113. The highest BCUT2D eigenvalue weighted by Gasteiger charge is 2.26. The Kier molecular flexibility index (Phi) is 17.8. The van der Waals surface area contributed by atoms with Gasteiger partial charge in [0.05, 0.1) is 25.9 Å². The normalized spacial score (nSPS) is 20.5. The molecule has 2 aliphatic rings. The van der Waals surface area contributed by atoms with E-state index in [1.54, 1.807) is 0 Å². The molecule has 3 atom stereocenters. The lowest BCUT2D eigenvalue weighted by atomic mass is 9.90. The minimum absolute atomic E-state index is 0.419. The van der Waals surface area contributed by atoms with E-state index >= 15 is 0 Å². The topological polar surface area (TPSA) is 34.3 Å². The molecule has 2 rings (SSSR count). The van der Waals surface area contributed by atoms with Gasteiger partial charge in [-0.2, -0.15) is 0 Å². The maximum Gasteiger partial charge on any atom is 0.104 e. The first kappa shape index (κ1) is 28.1. The molecule has 0 aromatic carbocycles. The van der Waals surface area contributed by atoms with Crippen LogP contribution < -0.4 is 0 Å². The molecule has 0 aliphatic carbocycles. The first-order valence-corrected chi connectivity index (χ1v) is 14.7. The minimum Gasteiger partial charge on any atom is -0.379 e. The summed E-state index contributed by atoms with van der Waals surface area (Å²) in [6, 6.07) is 0. The first-order valence-electron chi connectivity index (χ1n) is 14.7. The Morgan fingerprint density at radius 1 is 0.594 bits per heavy atom. The van der Waals surface area contributed by atoms with Crippen LogP contribution in [0.5, 0.6) is 0 Å². The van der Waals surface area contributed by atoms with Crippen LogP contribution in [0.2, 0.25) is 0 Å². The van der Waals surface area contributed by atoms with Crippen molar-refractivity contribution in [1.29, 1.82) is 0 Å². The molecule has 3 unspecified atom stereocenters. The Hall–Kier alpha value is -0.120. The van der Waals surface area contributed by atoms with Gasteiger partial charge in [-0.25, -0.2) is 0 Å². The van der Waals surface area contributed by atoms with Gasteiger partial charge in [-0.3, -0.25) is 0 Å². The third-order valence-electron chi connectivity index (χ3n) is 7.32. The summed E-state index contributed by atoms with van der Waals surface area (Å²) in [4.78, 5) is 0. The second kappa shape index (κ2) is 20.3. The van der Waals surface area contributed by atoms with Gasteiger partial charge in [0.2, 0.25) is 0 Å². The van der Waals surface area contributed by atoms with Crippen molar-refractivity contribution < 1.29 is 14.2 Å². The second-order valence-corrected chi connectivity index (χ2v) is 10.7. The SMILES string of the molecule is CCCCCCCCCCCC(CCCCCCCCCCCOCC1CO1)CC1CO1. The summed E-state index contributed by atoms with van der Waals surface area (Å²) < 4.78 is 16.3. The van der Waals surface area contributed by atoms with Crippen LogP contribution in [0.1, 0.15) is 142 Å². The highest BCUT2D eigenvalue weighted by Crippen LogP contribution is 2.28. The number of unbranched alkanes of at least 4 members (excludes halogenated alkanes) is 16. The fourth-order valence-corrected chi connectivity index (χ4v) is 4.95. The second-order valence-electron chi connectivity index (χ2n) is 10.7. The number of hydrogen-bond donors (Lipinski definition) is 0.